The van der Waals surface area contributed by atoms with Gasteiger partial charge in [0.25, 0.3) is 0 Å². The normalized spacial score (nSPS) is 11.7. The number of benzene rings is 8. The van der Waals surface area contributed by atoms with Crippen molar-refractivity contribution in [3.05, 3.63) is 176 Å². The molecule has 2 aromatic heterocycles. The highest BCUT2D eigenvalue weighted by molar-refractivity contribution is 7.26. The van der Waals surface area contributed by atoms with E-state index in [-0.39, 0.29) is 0 Å². The van der Waals surface area contributed by atoms with E-state index in [0.29, 0.717) is 0 Å². The van der Waals surface area contributed by atoms with E-state index in [2.05, 4.69) is 181 Å². The van der Waals surface area contributed by atoms with Gasteiger partial charge in [0.05, 0.1) is 16.1 Å². The Morgan fingerprint density at radius 3 is 1.90 bits per heavy atom. The molecule has 0 radical (unpaired) electrons. The van der Waals surface area contributed by atoms with Gasteiger partial charge in [-0.05, 0) is 76.2 Å². The molecule has 8 aromatic carbocycles. The number of nitrogens with zero attached hydrogens (tertiary/aromatic N) is 1. The molecule has 0 aliphatic carbocycles. The lowest BCUT2D eigenvalue weighted by Crippen LogP contribution is -2.10. The molecule has 0 aliphatic rings. The molecule has 0 spiro atoms. The molecule has 0 fully saturated rings. The van der Waals surface area contributed by atoms with Gasteiger partial charge < -0.3 is 9.32 Å². The predicted molar refractivity (Wildman–Crippen MR) is 210 cm³/mol. The fourth-order valence-electron chi connectivity index (χ4n) is 7.33. The lowest BCUT2D eigenvalue weighted by Gasteiger charge is -2.27. The van der Waals surface area contributed by atoms with Crippen molar-refractivity contribution in [3.8, 4) is 22.3 Å². The van der Waals surface area contributed by atoms with Crippen LogP contribution in [-0.4, -0.2) is 0 Å². The summed E-state index contributed by atoms with van der Waals surface area (Å²) >= 11 is 1.85. The Bertz CT molecular complexity index is 2810. The first kappa shape index (κ1) is 27.9. The fraction of sp³-hybridized carbons (Fsp3) is 0. The first-order valence-corrected chi connectivity index (χ1v) is 17.4. The van der Waals surface area contributed by atoms with E-state index in [1.165, 1.54) is 42.4 Å². The maximum Gasteiger partial charge on any atom is 0.145 e. The van der Waals surface area contributed by atoms with Crippen LogP contribution in [0.2, 0.25) is 0 Å². The number of furan rings is 1. The van der Waals surface area contributed by atoms with Crippen LogP contribution in [0, 0.1) is 0 Å². The molecule has 2 nitrogen and oxygen atoms in total. The van der Waals surface area contributed by atoms with Crippen LogP contribution < -0.4 is 4.90 Å². The highest BCUT2D eigenvalue weighted by Gasteiger charge is 2.22. The highest BCUT2D eigenvalue weighted by atomic mass is 32.1. The summed E-state index contributed by atoms with van der Waals surface area (Å²) in [5.41, 5.74) is 9.90. The van der Waals surface area contributed by atoms with Crippen LogP contribution in [0.4, 0.5) is 17.1 Å². The molecule has 0 aliphatic heterocycles. The molecule has 0 unspecified atom stereocenters. The van der Waals surface area contributed by atoms with Crippen molar-refractivity contribution in [2.75, 3.05) is 4.90 Å². The van der Waals surface area contributed by atoms with Crippen molar-refractivity contribution in [1.82, 2.24) is 0 Å². The highest BCUT2D eigenvalue weighted by Crippen LogP contribution is 2.48. The molecule has 230 valence electrons. The first-order chi connectivity index (χ1) is 24.3. The molecule has 0 atom stereocenters. The van der Waals surface area contributed by atoms with E-state index >= 15 is 0 Å². The zero-order chi connectivity index (χ0) is 32.3. The van der Waals surface area contributed by atoms with Crippen LogP contribution in [0.25, 0.3) is 75.1 Å². The molecule has 10 rings (SSSR count). The van der Waals surface area contributed by atoms with Crippen LogP contribution in [-0.2, 0) is 0 Å². The van der Waals surface area contributed by atoms with E-state index in [9.17, 15) is 0 Å². The van der Waals surface area contributed by atoms with Gasteiger partial charge in [0, 0.05) is 37.3 Å². The smallest absolute Gasteiger partial charge is 0.145 e. The van der Waals surface area contributed by atoms with Crippen LogP contribution in [0.3, 0.4) is 0 Å². The summed E-state index contributed by atoms with van der Waals surface area (Å²) in [4.78, 5) is 2.43. The molecule has 3 heteroatoms. The minimum Gasteiger partial charge on any atom is -0.455 e. The number of anilines is 3. The summed E-state index contributed by atoms with van der Waals surface area (Å²) in [7, 11) is 0. The van der Waals surface area contributed by atoms with Gasteiger partial charge in [-0.15, -0.1) is 11.3 Å². The summed E-state index contributed by atoms with van der Waals surface area (Å²) in [5, 5.41) is 7.04. The monoisotopic (exact) mass is 643 g/mol. The molecular weight excluding hydrogens is 615 g/mol. The summed E-state index contributed by atoms with van der Waals surface area (Å²) in [5.74, 6) is 0. The van der Waals surface area contributed by atoms with Gasteiger partial charge in [0.2, 0.25) is 0 Å². The minimum atomic E-state index is 0.891. The van der Waals surface area contributed by atoms with Crippen molar-refractivity contribution in [2.45, 2.75) is 0 Å². The van der Waals surface area contributed by atoms with Crippen LogP contribution in [0.15, 0.2) is 180 Å². The lowest BCUT2D eigenvalue weighted by atomic mass is 10.00. The second-order valence-electron chi connectivity index (χ2n) is 12.5. The Balaban J connectivity index is 1.24. The quantitative estimate of drug-likeness (QED) is 0.186. The number of hydrogen-bond donors (Lipinski definition) is 0. The Kier molecular flexibility index (Phi) is 6.39. The Morgan fingerprint density at radius 1 is 0.429 bits per heavy atom. The molecular formula is C46H29NOS. The predicted octanol–water partition coefficient (Wildman–Crippen LogP) is 13.9. The molecule has 49 heavy (non-hydrogen) atoms. The lowest BCUT2D eigenvalue weighted by molar-refractivity contribution is 0.673. The van der Waals surface area contributed by atoms with E-state index in [0.717, 1.165) is 49.8 Å². The second kappa shape index (κ2) is 11.2. The fourth-order valence-corrected chi connectivity index (χ4v) is 8.54. The zero-order valence-electron chi connectivity index (χ0n) is 26.5. The van der Waals surface area contributed by atoms with Gasteiger partial charge >= 0.3 is 0 Å². The Morgan fingerprint density at radius 2 is 1.08 bits per heavy atom. The average molecular weight is 644 g/mol. The van der Waals surface area contributed by atoms with Gasteiger partial charge in [0.15, 0.2) is 0 Å². The number of hydrogen-bond acceptors (Lipinski definition) is 3. The molecule has 0 amide bonds. The number of rotatable bonds is 5. The van der Waals surface area contributed by atoms with Crippen molar-refractivity contribution in [1.29, 1.82) is 0 Å². The standard InChI is InChI=1S/C46H29NOS/c1-3-11-30(12-4-1)32-21-25-35(26-22-32)47(41-19-10-17-38-36-16-7-8-20-43(36)49-46(38)41)40-18-9-15-33-23-27-37-39-29-34(31-13-5-2-6-14-31)24-28-42(39)48-45(37)44(33)40/h1-29H. The maximum absolute atomic E-state index is 6.81. The van der Waals surface area contributed by atoms with Crippen LogP contribution >= 0.6 is 11.3 Å². The third-order valence-electron chi connectivity index (χ3n) is 9.66. The van der Waals surface area contributed by atoms with Gasteiger partial charge in [-0.25, -0.2) is 0 Å². The van der Waals surface area contributed by atoms with E-state index < -0.39 is 0 Å². The van der Waals surface area contributed by atoms with Crippen LogP contribution in [0.1, 0.15) is 0 Å². The summed E-state index contributed by atoms with van der Waals surface area (Å²) < 4.78 is 9.36. The van der Waals surface area contributed by atoms with Gasteiger partial charge in [-0.2, -0.15) is 0 Å². The van der Waals surface area contributed by atoms with Crippen molar-refractivity contribution >= 4 is 81.3 Å². The second-order valence-corrected chi connectivity index (χ2v) is 13.5. The van der Waals surface area contributed by atoms with E-state index in [4.69, 9.17) is 4.42 Å². The molecule has 0 N–H and O–H groups in total. The number of fused-ring (bicyclic) bond motifs is 8. The minimum absolute atomic E-state index is 0.891. The summed E-state index contributed by atoms with van der Waals surface area (Å²) in [6.45, 7) is 0. The van der Waals surface area contributed by atoms with Crippen molar-refractivity contribution in [2.24, 2.45) is 0 Å². The Labute approximate surface area is 287 Å². The summed E-state index contributed by atoms with van der Waals surface area (Å²) in [6, 6.07) is 63.1. The topological polar surface area (TPSA) is 16.4 Å². The van der Waals surface area contributed by atoms with E-state index in [1.807, 2.05) is 11.3 Å². The van der Waals surface area contributed by atoms with Crippen LogP contribution in [0.5, 0.6) is 0 Å². The van der Waals surface area contributed by atoms with Gasteiger partial charge in [0.1, 0.15) is 11.2 Å². The molecule has 0 saturated heterocycles. The van der Waals surface area contributed by atoms with Crippen molar-refractivity contribution < 1.29 is 4.42 Å². The average Bonchev–Trinajstić information content (AvgIpc) is 3.75. The van der Waals surface area contributed by atoms with Gasteiger partial charge in [-0.3, -0.25) is 0 Å². The maximum atomic E-state index is 6.81. The molecule has 2 heterocycles. The third kappa shape index (κ3) is 4.55. The molecule has 0 bridgehead atoms. The SMILES string of the molecule is c1ccc(-c2ccc(N(c3cccc4c3sc3ccccc34)c3cccc4ccc5c6cc(-c7ccccc7)ccc6oc5c34)cc2)cc1. The zero-order valence-corrected chi connectivity index (χ0v) is 27.3. The van der Waals surface area contributed by atoms with Gasteiger partial charge in [-0.1, -0.05) is 127 Å². The third-order valence-corrected chi connectivity index (χ3v) is 10.9. The van der Waals surface area contributed by atoms with Crippen molar-refractivity contribution in [3.63, 3.8) is 0 Å². The Hall–Kier alpha value is -6.16. The summed E-state index contributed by atoms with van der Waals surface area (Å²) in [6.07, 6.45) is 0. The van der Waals surface area contributed by atoms with E-state index in [1.54, 1.807) is 0 Å². The first-order valence-electron chi connectivity index (χ1n) is 16.6. The molecule has 10 aromatic rings. The number of thiophene rings is 1. The largest absolute Gasteiger partial charge is 0.455 e. The molecule has 0 saturated carbocycles.